The summed E-state index contributed by atoms with van der Waals surface area (Å²) < 4.78 is 0. The maximum absolute atomic E-state index is 11.8. The van der Waals surface area contributed by atoms with Gasteiger partial charge in [0.15, 0.2) is 0 Å². The molecule has 3 N–H and O–H groups in total. The number of imide groups is 1. The Balaban J connectivity index is 1.78. The fraction of sp³-hybridized carbons (Fsp3) is 0.538. The maximum atomic E-state index is 11.8. The predicted molar refractivity (Wildman–Crippen MR) is 143 cm³/mol. The highest BCUT2D eigenvalue weighted by molar-refractivity contribution is 6.12. The molecular formula is C26H36N6O8. The summed E-state index contributed by atoms with van der Waals surface area (Å²) in [6, 6.07) is 3.72. The molecule has 0 unspecified atom stereocenters. The molecule has 3 heterocycles. The van der Waals surface area contributed by atoms with Crippen LogP contribution in [-0.4, -0.2) is 136 Å². The van der Waals surface area contributed by atoms with Gasteiger partial charge in [0, 0.05) is 77.2 Å². The number of pyridine rings is 1. The summed E-state index contributed by atoms with van der Waals surface area (Å²) in [4.78, 5) is 70.9. The number of unbranched alkanes of at least 4 members (excludes halogenated alkanes) is 1. The first-order valence-corrected chi connectivity index (χ1v) is 13.1. The molecule has 218 valence electrons. The number of fused-ring (bicyclic) bond motifs is 2. The van der Waals surface area contributed by atoms with Crippen molar-refractivity contribution in [2.24, 2.45) is 0 Å². The van der Waals surface area contributed by atoms with Gasteiger partial charge in [0.2, 0.25) is 0 Å². The predicted octanol–water partition coefficient (Wildman–Crippen LogP) is -0.604. The number of aromatic nitrogens is 1. The highest BCUT2D eigenvalue weighted by atomic mass is 16.4. The lowest BCUT2D eigenvalue weighted by molar-refractivity contribution is -0.140. The number of aliphatic carboxylic acids is 3. The second-order valence-corrected chi connectivity index (χ2v) is 9.98. The number of rotatable bonds is 12. The Morgan fingerprint density at radius 3 is 1.70 bits per heavy atom. The lowest BCUT2D eigenvalue weighted by atomic mass is 10.2. The Hall–Kier alpha value is -3.88. The van der Waals surface area contributed by atoms with Gasteiger partial charge in [-0.15, -0.1) is 0 Å². The van der Waals surface area contributed by atoms with Crippen LogP contribution in [0.4, 0.5) is 5.69 Å². The molecule has 0 aromatic carbocycles. The Bertz CT molecular complexity index is 1080. The van der Waals surface area contributed by atoms with Crippen molar-refractivity contribution < 1.29 is 39.3 Å². The Morgan fingerprint density at radius 2 is 1.23 bits per heavy atom. The molecule has 1 aromatic rings. The topological polar surface area (TPSA) is 175 Å². The van der Waals surface area contributed by atoms with E-state index in [0.29, 0.717) is 63.5 Å². The Labute approximate surface area is 232 Å². The molecule has 0 radical (unpaired) electrons. The van der Waals surface area contributed by atoms with Gasteiger partial charge in [-0.2, -0.15) is 0 Å². The van der Waals surface area contributed by atoms with Gasteiger partial charge >= 0.3 is 17.9 Å². The number of amides is 2. The smallest absolute Gasteiger partial charge is 0.317 e. The molecule has 0 fully saturated rings. The van der Waals surface area contributed by atoms with Gasteiger partial charge in [0.1, 0.15) is 0 Å². The SMILES string of the molecule is CN(CCCCN1C(=O)C=CC1=O)c1cc2nc(c1)CN(CC(=O)O)CCN(CC(=O)O)CCN(CC(=O)O)C2. The van der Waals surface area contributed by atoms with Crippen LogP contribution in [0, 0.1) is 0 Å². The number of carbonyl (C=O) groups excluding carboxylic acids is 2. The second-order valence-electron chi connectivity index (χ2n) is 9.98. The summed E-state index contributed by atoms with van der Waals surface area (Å²) in [5.74, 6) is -3.65. The second kappa shape index (κ2) is 14.5. The monoisotopic (exact) mass is 560 g/mol. The lowest BCUT2D eigenvalue weighted by Gasteiger charge is -2.30. The minimum Gasteiger partial charge on any atom is -0.480 e. The summed E-state index contributed by atoms with van der Waals surface area (Å²) in [6.07, 6.45) is 3.85. The van der Waals surface area contributed by atoms with E-state index in [0.717, 1.165) is 5.69 Å². The van der Waals surface area contributed by atoms with Crippen molar-refractivity contribution in [3.63, 3.8) is 0 Å². The largest absolute Gasteiger partial charge is 0.480 e. The Morgan fingerprint density at radius 1 is 0.775 bits per heavy atom. The molecule has 0 spiro atoms. The first-order chi connectivity index (χ1) is 19.0. The average Bonchev–Trinajstić information content (AvgIpc) is 3.18. The molecule has 1 aromatic heterocycles. The first kappa shape index (κ1) is 30.7. The fourth-order valence-electron chi connectivity index (χ4n) is 4.71. The summed E-state index contributed by atoms with van der Waals surface area (Å²) >= 11 is 0. The number of nitrogens with zero attached hydrogens (tertiary/aromatic N) is 6. The summed E-state index contributed by atoms with van der Waals surface area (Å²) in [5, 5.41) is 28.2. The minimum atomic E-state index is -1.02. The number of hydrogen-bond acceptors (Lipinski definition) is 10. The van der Waals surface area contributed by atoms with E-state index in [1.54, 1.807) is 14.7 Å². The average molecular weight is 561 g/mol. The van der Waals surface area contributed by atoms with Crippen LogP contribution in [0.5, 0.6) is 0 Å². The van der Waals surface area contributed by atoms with Gasteiger partial charge in [0.25, 0.3) is 11.8 Å². The number of hydrogen-bond donors (Lipinski definition) is 3. The van der Waals surface area contributed by atoms with Crippen LogP contribution in [0.25, 0.3) is 0 Å². The van der Waals surface area contributed by atoms with Crippen LogP contribution >= 0.6 is 0 Å². The maximum Gasteiger partial charge on any atom is 0.317 e. The molecule has 40 heavy (non-hydrogen) atoms. The molecule has 0 saturated carbocycles. The zero-order chi connectivity index (χ0) is 29.2. The fourth-order valence-corrected chi connectivity index (χ4v) is 4.71. The molecule has 3 rings (SSSR count). The van der Waals surface area contributed by atoms with Crippen LogP contribution in [0.1, 0.15) is 24.2 Å². The highest BCUT2D eigenvalue weighted by Crippen LogP contribution is 2.20. The first-order valence-electron chi connectivity index (χ1n) is 13.1. The van der Waals surface area contributed by atoms with Crippen molar-refractivity contribution >= 4 is 35.4 Å². The van der Waals surface area contributed by atoms with Gasteiger partial charge in [-0.05, 0) is 25.0 Å². The molecule has 14 nitrogen and oxygen atoms in total. The quantitative estimate of drug-likeness (QED) is 0.218. The van der Waals surface area contributed by atoms with Crippen molar-refractivity contribution in [1.82, 2.24) is 24.6 Å². The third kappa shape index (κ3) is 9.70. The van der Waals surface area contributed by atoms with Crippen LogP contribution in [-0.2, 0) is 37.1 Å². The van der Waals surface area contributed by atoms with E-state index in [2.05, 4.69) is 0 Å². The number of carboxylic acid groups (broad SMARTS) is 3. The van der Waals surface area contributed by atoms with E-state index in [-0.39, 0.29) is 44.5 Å². The lowest BCUT2D eigenvalue weighted by Crippen LogP contribution is -2.44. The van der Waals surface area contributed by atoms with Crippen molar-refractivity contribution in [1.29, 1.82) is 0 Å². The van der Waals surface area contributed by atoms with Crippen LogP contribution in [0.2, 0.25) is 0 Å². The summed E-state index contributed by atoms with van der Waals surface area (Å²) in [5.41, 5.74) is 2.05. The minimum absolute atomic E-state index is 0.215. The van der Waals surface area contributed by atoms with Crippen LogP contribution < -0.4 is 4.90 Å². The molecule has 2 bridgehead atoms. The van der Waals surface area contributed by atoms with Crippen LogP contribution in [0.15, 0.2) is 24.3 Å². The molecular weight excluding hydrogens is 524 g/mol. The molecule has 2 aliphatic rings. The Kier molecular flexibility index (Phi) is 11.1. The van der Waals surface area contributed by atoms with Gasteiger partial charge in [-0.1, -0.05) is 0 Å². The zero-order valence-corrected chi connectivity index (χ0v) is 22.6. The summed E-state index contributed by atoms with van der Waals surface area (Å²) in [7, 11) is 1.90. The van der Waals surface area contributed by atoms with Gasteiger partial charge in [0.05, 0.1) is 31.0 Å². The number of carboxylic acids is 3. The third-order valence-corrected chi connectivity index (χ3v) is 6.70. The van der Waals surface area contributed by atoms with Gasteiger partial charge < -0.3 is 20.2 Å². The molecule has 0 atom stereocenters. The van der Waals surface area contributed by atoms with Crippen molar-refractivity contribution in [2.75, 3.05) is 70.9 Å². The van der Waals surface area contributed by atoms with E-state index >= 15 is 0 Å². The van der Waals surface area contributed by atoms with E-state index in [1.807, 2.05) is 24.1 Å². The normalized spacial score (nSPS) is 17.5. The van der Waals surface area contributed by atoms with Gasteiger partial charge in [-0.3, -0.25) is 48.6 Å². The standard InChI is InChI=1S/C26H36N6O8/c1-28(6-2-3-7-32-22(33)4-5-23(32)34)21-12-19-14-30(17-25(37)38)10-8-29(16-24(35)36)9-11-31(18-26(39)40)15-20(13-21)27-19/h4-5,12-13H,2-3,6-11,14-18H2,1H3,(H,35,36)(H,37,38)(H,39,40). The highest BCUT2D eigenvalue weighted by Gasteiger charge is 2.23. The molecule has 14 heteroatoms. The van der Waals surface area contributed by atoms with E-state index < -0.39 is 17.9 Å². The molecule has 2 aliphatic heterocycles. The van der Waals surface area contributed by atoms with E-state index in [4.69, 9.17) is 4.98 Å². The third-order valence-electron chi connectivity index (χ3n) is 6.70. The van der Waals surface area contributed by atoms with Crippen LogP contribution in [0.3, 0.4) is 0 Å². The number of carbonyl (C=O) groups is 5. The van der Waals surface area contributed by atoms with E-state index in [9.17, 15) is 39.3 Å². The molecule has 2 amide bonds. The van der Waals surface area contributed by atoms with Crippen molar-refractivity contribution in [3.8, 4) is 0 Å². The van der Waals surface area contributed by atoms with Gasteiger partial charge in [-0.25, -0.2) is 0 Å². The summed E-state index contributed by atoms with van der Waals surface area (Å²) in [6.45, 7) is 1.83. The zero-order valence-electron chi connectivity index (χ0n) is 22.6. The molecule has 0 aliphatic carbocycles. The number of anilines is 1. The van der Waals surface area contributed by atoms with E-state index in [1.165, 1.54) is 17.1 Å². The van der Waals surface area contributed by atoms with Crippen molar-refractivity contribution in [2.45, 2.75) is 25.9 Å². The van der Waals surface area contributed by atoms with Crippen molar-refractivity contribution in [3.05, 3.63) is 35.7 Å². The molecule has 0 saturated heterocycles.